The quantitative estimate of drug-likeness (QED) is 0.766. The van der Waals surface area contributed by atoms with E-state index in [0.717, 1.165) is 18.7 Å². The van der Waals surface area contributed by atoms with Gasteiger partial charge in [-0.05, 0) is 31.5 Å². The smallest absolute Gasteiger partial charge is 0.325 e. The predicted molar refractivity (Wildman–Crippen MR) is 70.1 cm³/mol. The van der Waals surface area contributed by atoms with E-state index in [1.807, 2.05) is 24.3 Å². The van der Waals surface area contributed by atoms with Crippen molar-refractivity contribution >= 4 is 17.9 Å². The molecule has 1 aromatic carbocycles. The molecule has 0 bridgehead atoms. The Labute approximate surface area is 102 Å². The highest BCUT2D eigenvalue weighted by atomic mass is 16.4. The van der Waals surface area contributed by atoms with Gasteiger partial charge in [0.25, 0.3) is 0 Å². The zero-order chi connectivity index (χ0) is 12.7. The van der Waals surface area contributed by atoms with Crippen molar-refractivity contribution in [3.05, 3.63) is 29.8 Å². The minimum atomic E-state index is -0.916. The van der Waals surface area contributed by atoms with Crippen molar-refractivity contribution in [2.45, 2.75) is 13.8 Å². The number of aliphatic carboxylic acids is 1. The molecule has 0 saturated carbocycles. The highest BCUT2D eigenvalue weighted by molar-refractivity contribution is 5.82. The van der Waals surface area contributed by atoms with E-state index in [-0.39, 0.29) is 6.54 Å². The summed E-state index contributed by atoms with van der Waals surface area (Å²) in [6, 6.07) is 7.93. The molecule has 17 heavy (non-hydrogen) atoms. The number of hydrogen-bond donors (Lipinski definition) is 1. The maximum absolute atomic E-state index is 10.3. The van der Waals surface area contributed by atoms with Crippen LogP contribution < -0.4 is 4.90 Å². The molecule has 0 fully saturated rings. The molecule has 0 aliphatic heterocycles. The van der Waals surface area contributed by atoms with Crippen molar-refractivity contribution in [1.29, 1.82) is 0 Å². The molecule has 0 aliphatic rings. The normalized spacial score (nSPS) is 10.7. The SMILES string of the molecule is CCN(CC)c1ccc(C=NCC(=O)O)cc1. The summed E-state index contributed by atoms with van der Waals surface area (Å²) in [6.45, 7) is 6.00. The van der Waals surface area contributed by atoms with E-state index in [2.05, 4.69) is 23.7 Å². The Morgan fingerprint density at radius 1 is 1.29 bits per heavy atom. The van der Waals surface area contributed by atoms with E-state index in [4.69, 9.17) is 5.11 Å². The Balaban J connectivity index is 2.67. The monoisotopic (exact) mass is 234 g/mol. The van der Waals surface area contributed by atoms with Gasteiger partial charge in [0, 0.05) is 25.0 Å². The highest BCUT2D eigenvalue weighted by Gasteiger charge is 2.00. The number of benzene rings is 1. The Morgan fingerprint density at radius 3 is 2.35 bits per heavy atom. The van der Waals surface area contributed by atoms with Crippen LogP contribution in [-0.4, -0.2) is 36.9 Å². The number of carbonyl (C=O) groups is 1. The Morgan fingerprint density at radius 2 is 1.88 bits per heavy atom. The fourth-order valence-electron chi connectivity index (χ4n) is 1.59. The summed E-state index contributed by atoms with van der Waals surface area (Å²) in [6.07, 6.45) is 1.58. The largest absolute Gasteiger partial charge is 0.480 e. The number of carboxylic acid groups (broad SMARTS) is 1. The third-order valence-electron chi connectivity index (χ3n) is 2.49. The number of anilines is 1. The average Bonchev–Trinajstić information content (AvgIpc) is 2.32. The van der Waals surface area contributed by atoms with Crippen LogP contribution in [0.5, 0.6) is 0 Å². The first-order chi connectivity index (χ1) is 8.17. The maximum atomic E-state index is 10.3. The second-order valence-corrected chi connectivity index (χ2v) is 3.63. The molecule has 1 aromatic rings. The summed E-state index contributed by atoms with van der Waals surface area (Å²) in [5.41, 5.74) is 2.09. The highest BCUT2D eigenvalue weighted by Crippen LogP contribution is 2.13. The van der Waals surface area contributed by atoms with Crippen LogP contribution in [0.3, 0.4) is 0 Å². The van der Waals surface area contributed by atoms with Crippen molar-refractivity contribution in [3.8, 4) is 0 Å². The van der Waals surface area contributed by atoms with Gasteiger partial charge in [-0.15, -0.1) is 0 Å². The molecule has 1 N–H and O–H groups in total. The molecular weight excluding hydrogens is 216 g/mol. The molecule has 0 saturated heterocycles. The molecule has 4 nitrogen and oxygen atoms in total. The first-order valence-corrected chi connectivity index (χ1v) is 5.74. The summed E-state index contributed by atoms with van der Waals surface area (Å²) in [4.78, 5) is 16.4. The predicted octanol–water partition coefficient (Wildman–Crippen LogP) is 2.04. The summed E-state index contributed by atoms with van der Waals surface area (Å²) >= 11 is 0. The van der Waals surface area contributed by atoms with E-state index in [9.17, 15) is 4.79 Å². The van der Waals surface area contributed by atoms with Crippen molar-refractivity contribution in [2.24, 2.45) is 4.99 Å². The van der Waals surface area contributed by atoms with Crippen molar-refractivity contribution in [1.82, 2.24) is 0 Å². The molecule has 0 amide bonds. The Hall–Kier alpha value is -1.84. The standard InChI is InChI=1S/C13H18N2O2/c1-3-15(4-2)12-7-5-11(6-8-12)9-14-10-13(16)17/h5-9H,3-4,10H2,1-2H3,(H,16,17). The number of aliphatic imine (C=N–C) groups is 1. The zero-order valence-corrected chi connectivity index (χ0v) is 10.3. The first kappa shape index (κ1) is 13.2. The number of carboxylic acids is 1. The van der Waals surface area contributed by atoms with E-state index in [0.29, 0.717) is 0 Å². The summed E-state index contributed by atoms with van der Waals surface area (Å²) in [7, 11) is 0. The van der Waals surface area contributed by atoms with Crippen molar-refractivity contribution in [2.75, 3.05) is 24.5 Å². The number of hydrogen-bond acceptors (Lipinski definition) is 3. The second-order valence-electron chi connectivity index (χ2n) is 3.63. The van der Waals surface area contributed by atoms with Gasteiger partial charge in [-0.2, -0.15) is 0 Å². The lowest BCUT2D eigenvalue weighted by Crippen LogP contribution is -2.21. The minimum Gasteiger partial charge on any atom is -0.480 e. The van der Waals surface area contributed by atoms with Crippen LogP contribution >= 0.6 is 0 Å². The van der Waals surface area contributed by atoms with Crippen LogP contribution in [0, 0.1) is 0 Å². The molecular formula is C13H18N2O2. The van der Waals surface area contributed by atoms with Crippen molar-refractivity contribution in [3.63, 3.8) is 0 Å². The van der Waals surface area contributed by atoms with E-state index in [1.165, 1.54) is 5.69 Å². The fraction of sp³-hybridized carbons (Fsp3) is 0.385. The molecule has 0 aliphatic carbocycles. The van der Waals surface area contributed by atoms with Crippen LogP contribution in [-0.2, 0) is 4.79 Å². The van der Waals surface area contributed by atoms with E-state index >= 15 is 0 Å². The van der Waals surface area contributed by atoms with Gasteiger partial charge in [0.1, 0.15) is 6.54 Å². The number of nitrogens with zero attached hydrogens (tertiary/aromatic N) is 2. The average molecular weight is 234 g/mol. The Kier molecular flexibility index (Phi) is 5.20. The summed E-state index contributed by atoms with van der Waals surface area (Å²) in [5.74, 6) is -0.916. The minimum absolute atomic E-state index is 0.183. The van der Waals surface area contributed by atoms with Gasteiger partial charge in [-0.3, -0.25) is 9.79 Å². The third kappa shape index (κ3) is 4.26. The lowest BCUT2D eigenvalue weighted by Gasteiger charge is -2.20. The summed E-state index contributed by atoms with van der Waals surface area (Å²) < 4.78 is 0. The van der Waals surface area contributed by atoms with E-state index < -0.39 is 5.97 Å². The molecule has 0 radical (unpaired) electrons. The van der Waals surface area contributed by atoms with Crippen LogP contribution in [0.2, 0.25) is 0 Å². The third-order valence-corrected chi connectivity index (χ3v) is 2.49. The molecule has 0 atom stereocenters. The number of rotatable bonds is 6. The topological polar surface area (TPSA) is 52.9 Å². The molecule has 92 valence electrons. The molecule has 0 aromatic heterocycles. The van der Waals surface area contributed by atoms with Gasteiger partial charge >= 0.3 is 5.97 Å². The zero-order valence-electron chi connectivity index (χ0n) is 10.3. The van der Waals surface area contributed by atoms with Gasteiger partial charge in [-0.25, -0.2) is 0 Å². The maximum Gasteiger partial charge on any atom is 0.325 e. The van der Waals surface area contributed by atoms with Crippen LogP contribution in [0.15, 0.2) is 29.3 Å². The Bertz CT molecular complexity index is 381. The molecule has 1 rings (SSSR count). The molecule has 4 heteroatoms. The lowest BCUT2D eigenvalue weighted by atomic mass is 10.2. The second kappa shape index (κ2) is 6.68. The molecule has 0 heterocycles. The summed E-state index contributed by atoms with van der Waals surface area (Å²) in [5, 5.41) is 8.45. The van der Waals surface area contributed by atoms with Gasteiger partial charge in [0.05, 0.1) is 0 Å². The fourth-order valence-corrected chi connectivity index (χ4v) is 1.59. The van der Waals surface area contributed by atoms with Gasteiger partial charge in [0.15, 0.2) is 0 Å². The van der Waals surface area contributed by atoms with Crippen LogP contribution in [0.1, 0.15) is 19.4 Å². The van der Waals surface area contributed by atoms with Gasteiger partial charge in [-0.1, -0.05) is 12.1 Å². The van der Waals surface area contributed by atoms with Crippen LogP contribution in [0.25, 0.3) is 0 Å². The molecule has 0 unspecified atom stereocenters. The van der Waals surface area contributed by atoms with Gasteiger partial charge < -0.3 is 10.0 Å². The first-order valence-electron chi connectivity index (χ1n) is 5.74. The lowest BCUT2D eigenvalue weighted by molar-refractivity contribution is -0.135. The van der Waals surface area contributed by atoms with Gasteiger partial charge in [0.2, 0.25) is 0 Å². The van der Waals surface area contributed by atoms with Crippen molar-refractivity contribution < 1.29 is 9.90 Å². The van der Waals surface area contributed by atoms with Crippen LogP contribution in [0.4, 0.5) is 5.69 Å². The molecule has 0 spiro atoms. The van der Waals surface area contributed by atoms with E-state index in [1.54, 1.807) is 6.21 Å².